The maximum atomic E-state index is 12.4. The number of hydrogen-bond donors (Lipinski definition) is 1. The van der Waals surface area contributed by atoms with Crippen LogP contribution in [0.5, 0.6) is 11.5 Å². The predicted molar refractivity (Wildman–Crippen MR) is 98.5 cm³/mol. The summed E-state index contributed by atoms with van der Waals surface area (Å²) in [6.45, 7) is 2.23. The van der Waals surface area contributed by atoms with Crippen LogP contribution in [0.25, 0.3) is 0 Å². The lowest BCUT2D eigenvalue weighted by Gasteiger charge is -2.07. The van der Waals surface area contributed by atoms with Gasteiger partial charge in [0.05, 0.1) is 12.3 Å². The molecule has 0 aliphatic heterocycles. The Kier molecular flexibility index (Phi) is 5.42. The standard InChI is InChI=1S/C19H18N2O3S/c1-13-18(25-17(20-13)12-23-2)19(22)21-14-8-10-16(11-9-14)24-15-6-4-3-5-7-15/h3-11H,12H2,1-2H3,(H,21,22). The number of benzene rings is 2. The Morgan fingerprint density at radius 1 is 1.08 bits per heavy atom. The first-order valence-electron chi connectivity index (χ1n) is 7.75. The van der Waals surface area contributed by atoms with Gasteiger partial charge in [-0.05, 0) is 43.3 Å². The number of nitrogens with one attached hydrogen (secondary N) is 1. The normalized spacial score (nSPS) is 10.5. The van der Waals surface area contributed by atoms with Crippen molar-refractivity contribution >= 4 is 22.9 Å². The SMILES string of the molecule is COCc1nc(C)c(C(=O)Nc2ccc(Oc3ccccc3)cc2)s1. The fourth-order valence-corrected chi connectivity index (χ4v) is 3.20. The van der Waals surface area contributed by atoms with Gasteiger partial charge in [-0.15, -0.1) is 11.3 Å². The van der Waals surface area contributed by atoms with Crippen LogP contribution >= 0.6 is 11.3 Å². The van der Waals surface area contributed by atoms with Gasteiger partial charge < -0.3 is 14.8 Å². The number of hydrogen-bond acceptors (Lipinski definition) is 5. The molecule has 128 valence electrons. The van der Waals surface area contributed by atoms with Crippen LogP contribution in [0.15, 0.2) is 54.6 Å². The summed E-state index contributed by atoms with van der Waals surface area (Å²) in [5.41, 5.74) is 1.41. The van der Waals surface area contributed by atoms with Crippen molar-refractivity contribution in [2.24, 2.45) is 0 Å². The molecule has 0 unspecified atom stereocenters. The molecule has 0 fully saturated rings. The molecule has 1 heterocycles. The molecule has 0 atom stereocenters. The number of thiazole rings is 1. The second-order valence-corrected chi connectivity index (χ2v) is 6.43. The molecule has 0 radical (unpaired) electrons. The van der Waals surface area contributed by atoms with Crippen molar-refractivity contribution in [1.82, 2.24) is 4.98 Å². The zero-order valence-corrected chi connectivity index (χ0v) is 14.8. The first kappa shape index (κ1) is 17.1. The van der Waals surface area contributed by atoms with Crippen LogP contribution in [0.3, 0.4) is 0 Å². The Morgan fingerprint density at radius 3 is 2.44 bits per heavy atom. The van der Waals surface area contributed by atoms with Gasteiger partial charge in [-0.25, -0.2) is 4.98 Å². The number of anilines is 1. The molecule has 25 heavy (non-hydrogen) atoms. The molecule has 3 aromatic rings. The summed E-state index contributed by atoms with van der Waals surface area (Å²) < 4.78 is 10.8. The van der Waals surface area contributed by atoms with E-state index < -0.39 is 0 Å². The molecule has 0 aliphatic rings. The van der Waals surface area contributed by atoms with Gasteiger partial charge in [0.15, 0.2) is 0 Å². The molecule has 6 heteroatoms. The van der Waals surface area contributed by atoms with Gasteiger partial charge in [0.2, 0.25) is 0 Å². The Balaban J connectivity index is 1.66. The Bertz CT molecular complexity index is 845. The quantitative estimate of drug-likeness (QED) is 0.700. The van der Waals surface area contributed by atoms with Gasteiger partial charge in [0.1, 0.15) is 21.4 Å². The zero-order chi connectivity index (χ0) is 17.6. The van der Waals surface area contributed by atoms with E-state index in [0.717, 1.165) is 10.8 Å². The van der Waals surface area contributed by atoms with Gasteiger partial charge in [0.25, 0.3) is 5.91 Å². The first-order valence-corrected chi connectivity index (χ1v) is 8.57. The Hall–Kier alpha value is -2.70. The maximum absolute atomic E-state index is 12.4. The van der Waals surface area contributed by atoms with Gasteiger partial charge in [-0.3, -0.25) is 4.79 Å². The summed E-state index contributed by atoms with van der Waals surface area (Å²) in [6.07, 6.45) is 0. The zero-order valence-electron chi connectivity index (χ0n) is 14.0. The van der Waals surface area contributed by atoms with Gasteiger partial charge >= 0.3 is 0 Å². The molecule has 0 saturated carbocycles. The van der Waals surface area contributed by atoms with Crippen LogP contribution in [-0.2, 0) is 11.3 Å². The lowest BCUT2D eigenvalue weighted by Crippen LogP contribution is -2.11. The molecular formula is C19H18N2O3S. The number of carbonyl (C=O) groups is 1. The van der Waals surface area contributed by atoms with Crippen molar-refractivity contribution in [3.8, 4) is 11.5 Å². The summed E-state index contributed by atoms with van der Waals surface area (Å²) >= 11 is 1.34. The molecule has 2 aromatic carbocycles. The van der Waals surface area contributed by atoms with Crippen molar-refractivity contribution in [2.45, 2.75) is 13.5 Å². The highest BCUT2D eigenvalue weighted by molar-refractivity contribution is 7.13. The first-order chi connectivity index (χ1) is 12.2. The predicted octanol–water partition coefficient (Wildman–Crippen LogP) is 4.64. The summed E-state index contributed by atoms with van der Waals surface area (Å²) in [5, 5.41) is 3.67. The van der Waals surface area contributed by atoms with Crippen LogP contribution in [0.2, 0.25) is 0 Å². The number of para-hydroxylation sites is 1. The van der Waals surface area contributed by atoms with E-state index in [1.807, 2.05) is 61.5 Å². The molecule has 0 spiro atoms. The van der Waals surface area contributed by atoms with E-state index in [-0.39, 0.29) is 5.91 Å². The number of amides is 1. The van der Waals surface area contributed by atoms with E-state index >= 15 is 0 Å². The maximum Gasteiger partial charge on any atom is 0.267 e. The minimum atomic E-state index is -0.172. The van der Waals surface area contributed by atoms with Crippen LogP contribution < -0.4 is 10.1 Å². The van der Waals surface area contributed by atoms with E-state index in [1.165, 1.54) is 11.3 Å². The molecule has 3 rings (SSSR count). The second-order valence-electron chi connectivity index (χ2n) is 5.35. The molecule has 1 aromatic heterocycles. The number of rotatable bonds is 6. The Morgan fingerprint density at radius 2 is 1.76 bits per heavy atom. The monoisotopic (exact) mass is 354 g/mol. The van der Waals surface area contributed by atoms with Crippen molar-refractivity contribution in [1.29, 1.82) is 0 Å². The van der Waals surface area contributed by atoms with E-state index in [1.54, 1.807) is 7.11 Å². The minimum absolute atomic E-state index is 0.172. The third kappa shape index (κ3) is 4.43. The fourth-order valence-electron chi connectivity index (χ4n) is 2.27. The highest BCUT2D eigenvalue weighted by Gasteiger charge is 2.15. The molecule has 1 amide bonds. The summed E-state index contributed by atoms with van der Waals surface area (Å²) in [5.74, 6) is 1.31. The topological polar surface area (TPSA) is 60.5 Å². The summed E-state index contributed by atoms with van der Waals surface area (Å²) in [6, 6.07) is 16.8. The van der Waals surface area contributed by atoms with Gasteiger partial charge in [-0.1, -0.05) is 18.2 Å². The molecule has 5 nitrogen and oxygen atoms in total. The van der Waals surface area contributed by atoms with Crippen molar-refractivity contribution < 1.29 is 14.3 Å². The van der Waals surface area contributed by atoms with E-state index in [0.29, 0.717) is 28.6 Å². The van der Waals surface area contributed by atoms with E-state index in [9.17, 15) is 4.79 Å². The summed E-state index contributed by atoms with van der Waals surface area (Å²) in [4.78, 5) is 17.3. The van der Waals surface area contributed by atoms with E-state index in [4.69, 9.17) is 9.47 Å². The average molecular weight is 354 g/mol. The number of aryl methyl sites for hydroxylation is 1. The molecule has 0 aliphatic carbocycles. The number of carbonyl (C=O) groups excluding carboxylic acids is 1. The van der Waals surface area contributed by atoms with Crippen LogP contribution in [-0.4, -0.2) is 18.0 Å². The molecular weight excluding hydrogens is 336 g/mol. The largest absolute Gasteiger partial charge is 0.457 e. The fraction of sp³-hybridized carbons (Fsp3) is 0.158. The van der Waals surface area contributed by atoms with E-state index in [2.05, 4.69) is 10.3 Å². The smallest absolute Gasteiger partial charge is 0.267 e. The van der Waals surface area contributed by atoms with Crippen LogP contribution in [0, 0.1) is 6.92 Å². The Labute approximate surface area is 150 Å². The van der Waals surface area contributed by atoms with Crippen molar-refractivity contribution in [3.05, 3.63) is 70.2 Å². The number of methoxy groups -OCH3 is 1. The lowest BCUT2D eigenvalue weighted by atomic mass is 10.3. The van der Waals surface area contributed by atoms with Crippen LogP contribution in [0.4, 0.5) is 5.69 Å². The second kappa shape index (κ2) is 7.92. The highest BCUT2D eigenvalue weighted by Crippen LogP contribution is 2.24. The lowest BCUT2D eigenvalue weighted by molar-refractivity contribution is 0.103. The molecule has 0 bridgehead atoms. The van der Waals surface area contributed by atoms with Crippen molar-refractivity contribution in [3.63, 3.8) is 0 Å². The number of ether oxygens (including phenoxy) is 2. The summed E-state index contributed by atoms with van der Waals surface area (Å²) in [7, 11) is 1.61. The van der Waals surface area contributed by atoms with Crippen molar-refractivity contribution in [2.75, 3.05) is 12.4 Å². The molecule has 1 N–H and O–H groups in total. The van der Waals surface area contributed by atoms with Crippen LogP contribution in [0.1, 0.15) is 20.4 Å². The highest BCUT2D eigenvalue weighted by atomic mass is 32.1. The van der Waals surface area contributed by atoms with Gasteiger partial charge in [0, 0.05) is 12.8 Å². The van der Waals surface area contributed by atoms with Gasteiger partial charge in [-0.2, -0.15) is 0 Å². The average Bonchev–Trinajstić information content (AvgIpc) is 2.98. The molecule has 0 saturated heterocycles. The third-order valence-electron chi connectivity index (χ3n) is 3.41. The minimum Gasteiger partial charge on any atom is -0.457 e. The third-order valence-corrected chi connectivity index (χ3v) is 4.54. The number of nitrogens with zero attached hydrogens (tertiary/aromatic N) is 1. The number of aromatic nitrogens is 1.